The van der Waals surface area contributed by atoms with Crippen LogP contribution in [0.5, 0.6) is 0 Å². The molecule has 6 unspecified atom stereocenters. The third kappa shape index (κ3) is 1.12. The van der Waals surface area contributed by atoms with Gasteiger partial charge in [0.2, 0.25) is 0 Å². The molecule has 4 saturated carbocycles. The van der Waals surface area contributed by atoms with E-state index < -0.39 is 27.6 Å². The first kappa shape index (κ1) is 12.5. The predicted octanol–water partition coefficient (Wildman–Crippen LogP) is 1.13. The number of carbonyl (C=O) groups is 1. The van der Waals surface area contributed by atoms with E-state index in [0.717, 1.165) is 12.8 Å². The number of urea groups is 1. The Morgan fingerprint density at radius 2 is 1.71 bits per heavy atom. The molecule has 1 N–H and O–H groups in total. The zero-order chi connectivity index (χ0) is 14.9. The van der Waals surface area contributed by atoms with E-state index in [2.05, 4.69) is 5.32 Å². The second-order valence-electron chi connectivity index (χ2n) is 6.99. The van der Waals surface area contributed by atoms with Crippen molar-refractivity contribution in [2.75, 3.05) is 0 Å². The van der Waals surface area contributed by atoms with Crippen molar-refractivity contribution < 1.29 is 26.4 Å². The van der Waals surface area contributed by atoms with Crippen LogP contribution in [0, 0.1) is 35.5 Å². The van der Waals surface area contributed by atoms with Crippen molar-refractivity contribution in [1.29, 1.82) is 0 Å². The minimum atomic E-state index is -5.62. The van der Waals surface area contributed by atoms with Crippen LogP contribution >= 0.6 is 0 Å². The second-order valence-corrected chi connectivity index (χ2v) is 8.80. The molecule has 0 aromatic rings. The Hall–Kier alpha value is -0.990. The van der Waals surface area contributed by atoms with E-state index >= 15 is 0 Å². The molecule has 0 aromatic heterocycles. The number of amides is 2. The van der Waals surface area contributed by atoms with Crippen LogP contribution in [0.1, 0.15) is 12.8 Å². The fourth-order valence-electron chi connectivity index (χ4n) is 6.29. The van der Waals surface area contributed by atoms with Gasteiger partial charge in [-0.2, -0.15) is 21.6 Å². The standard InChI is InChI=1S/C12H13F3N2O3S/c13-12(14,15)21(19,20)17-10-4-2-5-7-3(4)1-6(10)8(7)9(5)16-11(17)18/h3-10H,1-2H2,(H,16,18)/t3-,4?,5?,6-,7?,8?,9?,10?/m0/s1. The molecular formula is C12H13F3N2O3S. The Kier molecular flexibility index (Phi) is 1.90. The number of rotatable bonds is 1. The predicted molar refractivity (Wildman–Crippen MR) is 63.1 cm³/mol. The summed E-state index contributed by atoms with van der Waals surface area (Å²) in [5, 5.41) is 2.56. The normalized spacial score (nSPS) is 52.9. The number of halogens is 3. The summed E-state index contributed by atoms with van der Waals surface area (Å²) in [7, 11) is -5.62. The number of nitrogens with zero attached hydrogens (tertiary/aromatic N) is 1. The van der Waals surface area contributed by atoms with Crippen molar-refractivity contribution in [3.8, 4) is 0 Å². The number of carbonyl (C=O) groups excluding carboxylic acids is 1. The summed E-state index contributed by atoms with van der Waals surface area (Å²) in [5.74, 6) is 1.17. The maximum Gasteiger partial charge on any atom is 0.516 e. The van der Waals surface area contributed by atoms with Crippen LogP contribution in [-0.2, 0) is 10.0 Å². The van der Waals surface area contributed by atoms with Gasteiger partial charge in [0.05, 0.1) is 6.04 Å². The molecule has 5 fully saturated rings. The lowest BCUT2D eigenvalue weighted by Gasteiger charge is -2.48. The van der Waals surface area contributed by atoms with E-state index in [-0.39, 0.29) is 28.1 Å². The number of fused-ring (bicyclic) bond motifs is 2. The van der Waals surface area contributed by atoms with Gasteiger partial charge in [-0.1, -0.05) is 0 Å². The van der Waals surface area contributed by atoms with Crippen LogP contribution in [0.2, 0.25) is 0 Å². The van der Waals surface area contributed by atoms with Gasteiger partial charge in [-0.25, -0.2) is 9.10 Å². The van der Waals surface area contributed by atoms with E-state index in [1.165, 1.54) is 0 Å². The molecule has 0 radical (unpaired) electrons. The summed E-state index contributed by atoms with van der Waals surface area (Å²) < 4.78 is 62.6. The number of hydrogen-bond acceptors (Lipinski definition) is 3. The SMILES string of the molecule is O=C1NC2C3CC4C([C@H]5C[C@@H]4C3C25)N1S(=O)(=O)C(F)(F)F. The largest absolute Gasteiger partial charge is 0.516 e. The molecule has 0 spiro atoms. The van der Waals surface area contributed by atoms with Crippen molar-refractivity contribution >= 4 is 16.1 Å². The Balaban J connectivity index is 1.67. The van der Waals surface area contributed by atoms with Gasteiger partial charge >= 0.3 is 21.6 Å². The molecule has 4 aliphatic carbocycles. The van der Waals surface area contributed by atoms with Crippen molar-refractivity contribution in [2.24, 2.45) is 35.5 Å². The molecule has 2 bridgehead atoms. The summed E-state index contributed by atoms with van der Waals surface area (Å²) in [4.78, 5) is 12.2. The van der Waals surface area contributed by atoms with Crippen LogP contribution in [0.4, 0.5) is 18.0 Å². The number of nitrogens with one attached hydrogen (secondary N) is 1. The molecule has 9 heteroatoms. The van der Waals surface area contributed by atoms with Gasteiger partial charge < -0.3 is 5.32 Å². The average molecular weight is 322 g/mol. The summed E-state index contributed by atoms with van der Waals surface area (Å²) in [6.07, 6.45) is 1.53. The molecule has 1 aliphatic heterocycles. The van der Waals surface area contributed by atoms with Crippen molar-refractivity contribution in [3.63, 3.8) is 0 Å². The Morgan fingerprint density at radius 3 is 2.38 bits per heavy atom. The Bertz CT molecular complexity index is 663. The van der Waals surface area contributed by atoms with E-state index in [1.807, 2.05) is 0 Å². The highest BCUT2D eigenvalue weighted by Crippen LogP contribution is 2.74. The average Bonchev–Trinajstić information content (AvgIpc) is 2.84. The summed E-state index contributed by atoms with van der Waals surface area (Å²) in [6.45, 7) is 0. The fraction of sp³-hybridized carbons (Fsp3) is 0.917. The van der Waals surface area contributed by atoms with Gasteiger partial charge in [0.25, 0.3) is 0 Å². The monoisotopic (exact) mass is 322 g/mol. The molecule has 21 heavy (non-hydrogen) atoms. The molecule has 1 heterocycles. The molecule has 116 valence electrons. The topological polar surface area (TPSA) is 66.5 Å². The highest BCUT2D eigenvalue weighted by atomic mass is 32.2. The van der Waals surface area contributed by atoms with Gasteiger partial charge in [0.1, 0.15) is 0 Å². The van der Waals surface area contributed by atoms with Gasteiger partial charge in [-0.3, -0.25) is 0 Å². The highest BCUT2D eigenvalue weighted by molar-refractivity contribution is 7.90. The zero-order valence-corrected chi connectivity index (χ0v) is 11.6. The third-order valence-corrected chi connectivity index (χ3v) is 8.14. The highest BCUT2D eigenvalue weighted by Gasteiger charge is 2.77. The number of sulfonamides is 1. The summed E-state index contributed by atoms with van der Waals surface area (Å²) in [6, 6.07) is -1.99. The first-order chi connectivity index (χ1) is 9.73. The minimum Gasteiger partial charge on any atom is -0.334 e. The van der Waals surface area contributed by atoms with E-state index in [1.54, 1.807) is 0 Å². The van der Waals surface area contributed by atoms with Crippen LogP contribution < -0.4 is 5.32 Å². The van der Waals surface area contributed by atoms with Crippen LogP contribution in [-0.4, -0.2) is 36.3 Å². The van der Waals surface area contributed by atoms with Crippen LogP contribution in [0.3, 0.4) is 0 Å². The Morgan fingerprint density at radius 1 is 1.05 bits per heavy atom. The zero-order valence-electron chi connectivity index (χ0n) is 10.7. The van der Waals surface area contributed by atoms with Crippen molar-refractivity contribution in [2.45, 2.75) is 30.4 Å². The van der Waals surface area contributed by atoms with E-state index in [9.17, 15) is 26.4 Å². The number of alkyl halides is 3. The third-order valence-electron chi connectivity index (χ3n) is 6.63. The summed E-state index contributed by atoms with van der Waals surface area (Å²) in [5.41, 5.74) is -5.43. The van der Waals surface area contributed by atoms with Gasteiger partial charge in [-0.15, -0.1) is 0 Å². The second kappa shape index (κ2) is 3.18. The van der Waals surface area contributed by atoms with Gasteiger partial charge in [0.15, 0.2) is 0 Å². The van der Waals surface area contributed by atoms with Crippen molar-refractivity contribution in [1.82, 2.24) is 9.62 Å². The maximum atomic E-state index is 12.9. The first-order valence-electron chi connectivity index (χ1n) is 7.14. The lowest BCUT2D eigenvalue weighted by molar-refractivity contribution is -0.0500. The number of hydrogen-bond donors (Lipinski definition) is 1. The molecule has 2 amide bonds. The van der Waals surface area contributed by atoms with Gasteiger partial charge in [-0.05, 0) is 48.3 Å². The molecule has 5 rings (SSSR count). The maximum absolute atomic E-state index is 12.9. The first-order valence-corrected chi connectivity index (χ1v) is 8.58. The van der Waals surface area contributed by atoms with Crippen LogP contribution in [0.25, 0.3) is 0 Å². The minimum absolute atomic E-state index is 0.0746. The lowest BCUT2D eigenvalue weighted by atomic mass is 9.60. The molecule has 8 atom stereocenters. The molecule has 1 saturated heterocycles. The summed E-state index contributed by atoms with van der Waals surface area (Å²) >= 11 is 0. The van der Waals surface area contributed by atoms with Crippen molar-refractivity contribution in [3.05, 3.63) is 0 Å². The fourth-order valence-corrected chi connectivity index (χ4v) is 7.42. The van der Waals surface area contributed by atoms with E-state index in [0.29, 0.717) is 17.8 Å². The molecular weight excluding hydrogens is 309 g/mol. The van der Waals surface area contributed by atoms with Crippen LogP contribution in [0.15, 0.2) is 0 Å². The van der Waals surface area contributed by atoms with E-state index in [4.69, 9.17) is 0 Å². The lowest BCUT2D eigenvalue weighted by Crippen LogP contribution is -2.58. The smallest absolute Gasteiger partial charge is 0.334 e. The molecule has 0 aromatic carbocycles. The quantitative estimate of drug-likeness (QED) is 0.787. The molecule has 5 aliphatic rings. The molecule has 5 nitrogen and oxygen atoms in total. The van der Waals surface area contributed by atoms with Gasteiger partial charge in [0, 0.05) is 6.04 Å². The Labute approximate surface area is 118 Å².